The fourth-order valence-corrected chi connectivity index (χ4v) is 1.44. The van der Waals surface area contributed by atoms with Crippen molar-refractivity contribution in [3.8, 4) is 5.75 Å². The lowest BCUT2D eigenvalue weighted by Crippen LogP contribution is -2.23. The molecule has 0 spiro atoms. The number of aromatic nitrogens is 1. The molecule has 0 radical (unpaired) electrons. The number of phenolic OH excluding ortho intramolecular Hbond substituents is 1. The first-order valence-electron chi connectivity index (χ1n) is 5.13. The molecule has 1 aromatic heterocycles. The first kappa shape index (κ1) is 11.2. The molecule has 0 fully saturated rings. The van der Waals surface area contributed by atoms with Crippen LogP contribution >= 0.6 is 0 Å². The van der Waals surface area contributed by atoms with E-state index in [2.05, 4.69) is 10.3 Å². The number of phenols is 1. The summed E-state index contributed by atoms with van der Waals surface area (Å²) in [6.07, 6.45) is 1.23. The van der Waals surface area contributed by atoms with Gasteiger partial charge in [-0.15, -0.1) is 0 Å². The lowest BCUT2D eigenvalue weighted by molar-refractivity contribution is 0.0922. The van der Waals surface area contributed by atoms with Gasteiger partial charge in [0.25, 0.3) is 5.91 Å². The standard InChI is InChI=1S/C12H12N2O3/c1-8-11(17-7-14-8)12(16)13-6-9-4-2-3-5-10(9)15/h2-5,7,15H,6H2,1H3,(H,13,16). The molecule has 1 amide bonds. The molecule has 0 saturated heterocycles. The Bertz CT molecular complexity index is 534. The molecule has 88 valence electrons. The van der Waals surface area contributed by atoms with Gasteiger partial charge < -0.3 is 14.8 Å². The molecule has 0 aliphatic heterocycles. The average molecular weight is 232 g/mol. The lowest BCUT2D eigenvalue weighted by atomic mass is 10.2. The van der Waals surface area contributed by atoms with Gasteiger partial charge in [0.05, 0.1) is 5.69 Å². The van der Waals surface area contributed by atoms with Crippen molar-refractivity contribution >= 4 is 5.91 Å². The third-order valence-corrected chi connectivity index (χ3v) is 2.38. The second-order valence-corrected chi connectivity index (χ2v) is 3.58. The highest BCUT2D eigenvalue weighted by Crippen LogP contribution is 2.15. The van der Waals surface area contributed by atoms with E-state index in [1.165, 1.54) is 6.39 Å². The zero-order valence-electron chi connectivity index (χ0n) is 9.30. The molecule has 2 N–H and O–H groups in total. The molecule has 1 aromatic carbocycles. The van der Waals surface area contributed by atoms with Gasteiger partial charge in [-0.25, -0.2) is 4.98 Å². The van der Waals surface area contributed by atoms with Crippen LogP contribution in [0, 0.1) is 6.92 Å². The number of nitrogens with zero attached hydrogens (tertiary/aromatic N) is 1. The van der Waals surface area contributed by atoms with E-state index in [9.17, 15) is 9.90 Å². The van der Waals surface area contributed by atoms with Gasteiger partial charge in [0.2, 0.25) is 5.76 Å². The van der Waals surface area contributed by atoms with Crippen LogP contribution in [0.5, 0.6) is 5.75 Å². The highest BCUT2D eigenvalue weighted by Gasteiger charge is 2.13. The first-order valence-corrected chi connectivity index (χ1v) is 5.13. The molecule has 0 saturated carbocycles. The van der Waals surface area contributed by atoms with Crippen LogP contribution in [0.25, 0.3) is 0 Å². The quantitative estimate of drug-likeness (QED) is 0.843. The fraction of sp³-hybridized carbons (Fsp3) is 0.167. The SMILES string of the molecule is Cc1ncoc1C(=O)NCc1ccccc1O. The lowest BCUT2D eigenvalue weighted by Gasteiger charge is -2.05. The van der Waals surface area contributed by atoms with Crippen molar-refractivity contribution in [1.29, 1.82) is 0 Å². The summed E-state index contributed by atoms with van der Waals surface area (Å²) in [7, 11) is 0. The smallest absolute Gasteiger partial charge is 0.289 e. The van der Waals surface area contributed by atoms with Gasteiger partial charge in [0, 0.05) is 12.1 Å². The Kier molecular flexibility index (Phi) is 3.09. The minimum absolute atomic E-state index is 0.155. The Morgan fingerprint density at radius 1 is 1.47 bits per heavy atom. The third-order valence-electron chi connectivity index (χ3n) is 2.38. The van der Waals surface area contributed by atoms with Gasteiger partial charge in [-0.1, -0.05) is 18.2 Å². The van der Waals surface area contributed by atoms with Crippen LogP contribution in [0.2, 0.25) is 0 Å². The third kappa shape index (κ3) is 2.44. The summed E-state index contributed by atoms with van der Waals surface area (Å²) < 4.78 is 4.96. The number of oxazole rings is 1. The summed E-state index contributed by atoms with van der Waals surface area (Å²) in [5.74, 6) is 0.00534. The Morgan fingerprint density at radius 3 is 2.88 bits per heavy atom. The first-order chi connectivity index (χ1) is 8.18. The molecular formula is C12H12N2O3. The van der Waals surface area contributed by atoms with Crippen LogP contribution in [-0.4, -0.2) is 16.0 Å². The second kappa shape index (κ2) is 4.69. The fourth-order valence-electron chi connectivity index (χ4n) is 1.44. The number of hydrogen-bond donors (Lipinski definition) is 2. The Morgan fingerprint density at radius 2 is 2.24 bits per heavy atom. The maximum atomic E-state index is 11.7. The summed E-state index contributed by atoms with van der Waals surface area (Å²) in [5, 5.41) is 12.2. The summed E-state index contributed by atoms with van der Waals surface area (Å²) in [5.41, 5.74) is 1.19. The van der Waals surface area contributed by atoms with Gasteiger partial charge in [-0.05, 0) is 13.0 Å². The molecule has 0 bridgehead atoms. The van der Waals surface area contributed by atoms with Gasteiger partial charge in [0.15, 0.2) is 6.39 Å². The van der Waals surface area contributed by atoms with Gasteiger partial charge in [-0.2, -0.15) is 0 Å². The number of amides is 1. The number of carbonyl (C=O) groups is 1. The van der Waals surface area contributed by atoms with E-state index in [0.717, 1.165) is 0 Å². The number of hydrogen-bond acceptors (Lipinski definition) is 4. The number of para-hydroxylation sites is 1. The molecule has 0 aliphatic rings. The summed E-state index contributed by atoms with van der Waals surface area (Å²) in [6.45, 7) is 1.93. The Labute approximate surface area is 98.1 Å². The van der Waals surface area contributed by atoms with E-state index in [1.54, 1.807) is 31.2 Å². The highest BCUT2D eigenvalue weighted by molar-refractivity contribution is 5.92. The van der Waals surface area contributed by atoms with Crippen LogP contribution in [0.3, 0.4) is 0 Å². The van der Waals surface area contributed by atoms with Crippen LogP contribution in [0.1, 0.15) is 21.8 Å². The summed E-state index contributed by atoms with van der Waals surface area (Å²) >= 11 is 0. The number of nitrogens with one attached hydrogen (secondary N) is 1. The normalized spacial score (nSPS) is 10.2. The highest BCUT2D eigenvalue weighted by atomic mass is 16.3. The van der Waals surface area contributed by atoms with Gasteiger partial charge >= 0.3 is 0 Å². The number of aromatic hydroxyl groups is 1. The van der Waals surface area contributed by atoms with Crippen molar-refractivity contribution in [1.82, 2.24) is 10.3 Å². The topological polar surface area (TPSA) is 75.4 Å². The van der Waals surface area contributed by atoms with Gasteiger partial charge in [0.1, 0.15) is 5.75 Å². The van der Waals surface area contributed by atoms with Crippen LogP contribution in [0.4, 0.5) is 0 Å². The van der Waals surface area contributed by atoms with Crippen molar-refractivity contribution in [2.24, 2.45) is 0 Å². The van der Waals surface area contributed by atoms with Crippen LogP contribution in [0.15, 0.2) is 35.1 Å². The molecule has 2 rings (SSSR count). The maximum absolute atomic E-state index is 11.7. The molecule has 0 atom stereocenters. The zero-order chi connectivity index (χ0) is 12.3. The monoisotopic (exact) mass is 232 g/mol. The number of carbonyl (C=O) groups excluding carboxylic acids is 1. The number of aryl methyl sites for hydroxylation is 1. The maximum Gasteiger partial charge on any atom is 0.289 e. The predicted octanol–water partition coefficient (Wildman–Crippen LogP) is 1.62. The molecule has 0 unspecified atom stereocenters. The van der Waals surface area contributed by atoms with Crippen molar-refractivity contribution in [2.45, 2.75) is 13.5 Å². The van der Waals surface area contributed by atoms with E-state index >= 15 is 0 Å². The molecule has 17 heavy (non-hydrogen) atoms. The minimum atomic E-state index is -0.344. The van der Waals surface area contributed by atoms with Crippen LogP contribution in [-0.2, 0) is 6.54 Å². The number of benzene rings is 1. The van der Waals surface area contributed by atoms with Crippen molar-refractivity contribution < 1.29 is 14.3 Å². The molecule has 1 heterocycles. The van der Waals surface area contributed by atoms with E-state index in [4.69, 9.17) is 4.42 Å². The average Bonchev–Trinajstić information content (AvgIpc) is 2.74. The second-order valence-electron chi connectivity index (χ2n) is 3.58. The molecule has 2 aromatic rings. The predicted molar refractivity (Wildman–Crippen MR) is 60.5 cm³/mol. The van der Waals surface area contributed by atoms with Crippen molar-refractivity contribution in [3.63, 3.8) is 0 Å². The van der Waals surface area contributed by atoms with E-state index in [1.807, 2.05) is 0 Å². The summed E-state index contributed by atoms with van der Waals surface area (Å²) in [4.78, 5) is 15.5. The molecule has 5 heteroatoms. The number of rotatable bonds is 3. The molecule has 5 nitrogen and oxygen atoms in total. The van der Waals surface area contributed by atoms with E-state index in [-0.39, 0.29) is 24.0 Å². The van der Waals surface area contributed by atoms with Crippen LogP contribution < -0.4 is 5.32 Å². The van der Waals surface area contributed by atoms with E-state index in [0.29, 0.717) is 11.3 Å². The summed E-state index contributed by atoms with van der Waals surface area (Å²) in [6, 6.07) is 6.83. The minimum Gasteiger partial charge on any atom is -0.508 e. The Balaban J connectivity index is 2.02. The van der Waals surface area contributed by atoms with Crippen molar-refractivity contribution in [3.05, 3.63) is 47.7 Å². The van der Waals surface area contributed by atoms with Crippen molar-refractivity contribution in [2.75, 3.05) is 0 Å². The Hall–Kier alpha value is -2.30. The zero-order valence-corrected chi connectivity index (χ0v) is 9.30. The largest absolute Gasteiger partial charge is 0.508 e. The molecular weight excluding hydrogens is 220 g/mol. The van der Waals surface area contributed by atoms with Gasteiger partial charge in [-0.3, -0.25) is 4.79 Å². The molecule has 0 aliphatic carbocycles. The van der Waals surface area contributed by atoms with E-state index < -0.39 is 0 Å².